The Balaban J connectivity index is 1.48. The lowest BCUT2D eigenvalue weighted by molar-refractivity contribution is 0.122. The van der Waals surface area contributed by atoms with Crippen molar-refractivity contribution in [1.82, 2.24) is 24.7 Å². The van der Waals surface area contributed by atoms with Gasteiger partial charge in [0, 0.05) is 50.9 Å². The largest absolute Gasteiger partial charge is 0.388 e. The molecule has 2 aromatic heterocycles. The highest BCUT2D eigenvalue weighted by molar-refractivity contribution is 5.47. The second kappa shape index (κ2) is 8.40. The van der Waals surface area contributed by atoms with Crippen molar-refractivity contribution in [3.8, 4) is 0 Å². The Morgan fingerprint density at radius 3 is 2.46 bits per heavy atom. The van der Waals surface area contributed by atoms with Crippen molar-refractivity contribution in [2.24, 2.45) is 7.05 Å². The second-order valence-corrected chi connectivity index (χ2v) is 7.42. The van der Waals surface area contributed by atoms with Gasteiger partial charge in [0.05, 0.1) is 13.2 Å². The number of anilines is 2. The number of aromatic nitrogens is 5. The zero-order valence-corrected chi connectivity index (χ0v) is 16.7. The number of aryl methyl sites for hydroxylation is 1. The van der Waals surface area contributed by atoms with Crippen LogP contribution >= 0.6 is 0 Å². The molecule has 0 atom stereocenters. The highest BCUT2D eigenvalue weighted by atomic mass is 16.5. The molecule has 0 radical (unpaired) electrons. The Morgan fingerprint density at radius 2 is 1.82 bits per heavy atom. The molecule has 0 saturated carbocycles. The molecule has 0 aliphatic carbocycles. The molecule has 0 spiro atoms. The second-order valence-electron chi connectivity index (χ2n) is 7.42. The zero-order chi connectivity index (χ0) is 19.5. The Bertz CT molecular complexity index is 796. The highest BCUT2D eigenvalue weighted by Crippen LogP contribution is 2.30. The van der Waals surface area contributed by atoms with Gasteiger partial charge < -0.3 is 24.2 Å². The van der Waals surface area contributed by atoms with E-state index >= 15 is 0 Å². The molecule has 2 aliphatic rings. The van der Waals surface area contributed by atoms with Crippen LogP contribution in [0.5, 0.6) is 0 Å². The maximum absolute atomic E-state index is 9.35. The van der Waals surface area contributed by atoms with Crippen LogP contribution in [0.2, 0.25) is 0 Å². The van der Waals surface area contributed by atoms with E-state index in [4.69, 9.17) is 14.7 Å². The van der Waals surface area contributed by atoms with E-state index in [0.717, 1.165) is 81.9 Å². The van der Waals surface area contributed by atoms with Crippen LogP contribution in [-0.4, -0.2) is 69.2 Å². The molecule has 2 aliphatic heterocycles. The van der Waals surface area contributed by atoms with Crippen molar-refractivity contribution < 1.29 is 9.84 Å². The van der Waals surface area contributed by atoms with Gasteiger partial charge in [-0.2, -0.15) is 4.98 Å². The smallest absolute Gasteiger partial charge is 0.227 e. The molecule has 28 heavy (non-hydrogen) atoms. The minimum absolute atomic E-state index is 0.0760. The summed E-state index contributed by atoms with van der Waals surface area (Å²) in [7, 11) is 1.93. The van der Waals surface area contributed by atoms with E-state index in [1.807, 2.05) is 11.6 Å². The van der Waals surface area contributed by atoms with E-state index in [0.29, 0.717) is 11.7 Å². The SMILES string of the molecule is CCc1cc(N2CCC(c3nnc(CO)n3C)CC2)nc(N2CCOCC2)n1. The predicted octanol–water partition coefficient (Wildman–Crippen LogP) is 0.880. The number of piperidine rings is 1. The zero-order valence-electron chi connectivity index (χ0n) is 16.7. The normalized spacial score (nSPS) is 18.7. The van der Waals surface area contributed by atoms with E-state index in [9.17, 15) is 5.11 Å². The van der Waals surface area contributed by atoms with Crippen LogP contribution in [0.25, 0.3) is 0 Å². The van der Waals surface area contributed by atoms with Crippen molar-refractivity contribution >= 4 is 11.8 Å². The number of rotatable bonds is 5. The summed E-state index contributed by atoms with van der Waals surface area (Å²) >= 11 is 0. The van der Waals surface area contributed by atoms with Crippen LogP contribution in [0, 0.1) is 0 Å². The van der Waals surface area contributed by atoms with Gasteiger partial charge in [-0.05, 0) is 19.3 Å². The number of aliphatic hydroxyl groups excluding tert-OH is 1. The first-order chi connectivity index (χ1) is 13.7. The molecule has 2 aromatic rings. The summed E-state index contributed by atoms with van der Waals surface area (Å²) in [5.74, 6) is 3.78. The van der Waals surface area contributed by atoms with Gasteiger partial charge in [-0.15, -0.1) is 10.2 Å². The van der Waals surface area contributed by atoms with Crippen molar-refractivity contribution in [2.45, 2.75) is 38.7 Å². The van der Waals surface area contributed by atoms with Gasteiger partial charge in [-0.3, -0.25) is 0 Å². The summed E-state index contributed by atoms with van der Waals surface area (Å²) < 4.78 is 7.39. The quantitative estimate of drug-likeness (QED) is 0.808. The van der Waals surface area contributed by atoms with Crippen LogP contribution in [-0.2, 0) is 24.8 Å². The topological polar surface area (TPSA) is 92.4 Å². The number of nitrogens with zero attached hydrogens (tertiary/aromatic N) is 7. The van der Waals surface area contributed by atoms with Crippen molar-refractivity contribution in [2.75, 3.05) is 49.2 Å². The van der Waals surface area contributed by atoms with E-state index in [1.54, 1.807) is 0 Å². The fourth-order valence-electron chi connectivity index (χ4n) is 3.95. The van der Waals surface area contributed by atoms with Crippen molar-refractivity contribution in [3.05, 3.63) is 23.4 Å². The van der Waals surface area contributed by atoms with Crippen LogP contribution < -0.4 is 9.80 Å². The lowest BCUT2D eigenvalue weighted by atomic mass is 9.96. The highest BCUT2D eigenvalue weighted by Gasteiger charge is 2.26. The summed E-state index contributed by atoms with van der Waals surface area (Å²) in [6.45, 7) is 7.05. The minimum Gasteiger partial charge on any atom is -0.388 e. The molecule has 0 bridgehead atoms. The molecular weight excluding hydrogens is 358 g/mol. The third-order valence-corrected chi connectivity index (χ3v) is 5.73. The molecule has 4 rings (SSSR count). The Hall–Kier alpha value is -2.26. The number of ether oxygens (including phenoxy) is 1. The Kier molecular flexibility index (Phi) is 5.72. The van der Waals surface area contributed by atoms with E-state index < -0.39 is 0 Å². The lowest BCUT2D eigenvalue weighted by Crippen LogP contribution is -2.38. The average molecular weight is 387 g/mol. The molecule has 1 N–H and O–H groups in total. The van der Waals surface area contributed by atoms with Crippen LogP contribution in [0.1, 0.15) is 43.0 Å². The summed E-state index contributed by atoms with van der Waals surface area (Å²) in [6.07, 6.45) is 2.89. The van der Waals surface area contributed by atoms with Crippen LogP contribution in [0.3, 0.4) is 0 Å². The Morgan fingerprint density at radius 1 is 1.07 bits per heavy atom. The first kappa shape index (κ1) is 19.1. The lowest BCUT2D eigenvalue weighted by Gasteiger charge is -2.33. The number of morpholine rings is 1. The third-order valence-electron chi connectivity index (χ3n) is 5.73. The molecule has 0 amide bonds. The average Bonchev–Trinajstić information content (AvgIpc) is 3.14. The number of hydrogen-bond donors (Lipinski definition) is 1. The van der Waals surface area contributed by atoms with Crippen LogP contribution in [0.15, 0.2) is 6.07 Å². The molecule has 9 heteroatoms. The van der Waals surface area contributed by atoms with Gasteiger partial charge in [0.25, 0.3) is 0 Å². The predicted molar refractivity (Wildman–Crippen MR) is 106 cm³/mol. The first-order valence-corrected chi connectivity index (χ1v) is 10.1. The summed E-state index contributed by atoms with van der Waals surface area (Å²) in [5, 5.41) is 17.7. The fraction of sp³-hybridized carbons (Fsp3) is 0.684. The molecule has 0 unspecified atom stereocenters. The molecule has 9 nitrogen and oxygen atoms in total. The standard InChI is InChI=1S/C19H29N7O2/c1-3-15-12-16(21-19(20-15)26-8-10-28-11-9-26)25-6-4-14(5-7-25)18-23-22-17(13-27)24(18)2/h12,14,27H,3-11,13H2,1-2H3. The third kappa shape index (κ3) is 3.81. The Labute approximate surface area is 165 Å². The van der Waals surface area contributed by atoms with Crippen LogP contribution in [0.4, 0.5) is 11.8 Å². The molecule has 0 aromatic carbocycles. The van der Waals surface area contributed by atoms with Gasteiger partial charge in [0.1, 0.15) is 18.2 Å². The maximum Gasteiger partial charge on any atom is 0.227 e. The molecular formula is C19H29N7O2. The van der Waals surface area contributed by atoms with Crippen molar-refractivity contribution in [3.63, 3.8) is 0 Å². The summed E-state index contributed by atoms with van der Waals surface area (Å²) in [4.78, 5) is 14.2. The molecule has 4 heterocycles. The molecule has 2 saturated heterocycles. The van der Waals surface area contributed by atoms with Gasteiger partial charge in [-0.1, -0.05) is 6.92 Å². The fourth-order valence-corrected chi connectivity index (χ4v) is 3.95. The van der Waals surface area contributed by atoms with Gasteiger partial charge >= 0.3 is 0 Å². The molecule has 152 valence electrons. The summed E-state index contributed by atoms with van der Waals surface area (Å²) in [6, 6.07) is 2.12. The number of hydrogen-bond acceptors (Lipinski definition) is 8. The number of aliphatic hydroxyl groups is 1. The monoisotopic (exact) mass is 387 g/mol. The van der Waals surface area contributed by atoms with E-state index in [-0.39, 0.29) is 6.61 Å². The molecule has 2 fully saturated rings. The maximum atomic E-state index is 9.35. The van der Waals surface area contributed by atoms with E-state index in [1.165, 1.54) is 0 Å². The van der Waals surface area contributed by atoms with Gasteiger partial charge in [0.15, 0.2) is 5.82 Å². The van der Waals surface area contributed by atoms with Gasteiger partial charge in [0.2, 0.25) is 5.95 Å². The van der Waals surface area contributed by atoms with E-state index in [2.05, 4.69) is 33.0 Å². The van der Waals surface area contributed by atoms with Crippen molar-refractivity contribution in [1.29, 1.82) is 0 Å². The summed E-state index contributed by atoms with van der Waals surface area (Å²) in [5.41, 5.74) is 1.08. The van der Waals surface area contributed by atoms with Gasteiger partial charge in [-0.25, -0.2) is 4.98 Å². The first-order valence-electron chi connectivity index (χ1n) is 10.1. The minimum atomic E-state index is -0.0760.